The molecule has 184 valence electrons. The number of hydrogen-bond donors (Lipinski definition) is 0. The SMILES string of the molecule is CCOC(=O)c1c(C(=O)OCC)c2cc(-c3ccc(OC)cc3)ncn2c1C(=O)c1ccc(Cl)cc1. The van der Waals surface area contributed by atoms with Crippen molar-refractivity contribution in [2.24, 2.45) is 0 Å². The van der Waals surface area contributed by atoms with Gasteiger partial charge in [0.25, 0.3) is 0 Å². The number of fused-ring (bicyclic) bond motifs is 1. The zero-order valence-corrected chi connectivity index (χ0v) is 20.7. The lowest BCUT2D eigenvalue weighted by atomic mass is 10.0. The van der Waals surface area contributed by atoms with Crippen LogP contribution in [0.5, 0.6) is 5.75 Å². The molecule has 0 bridgehead atoms. The van der Waals surface area contributed by atoms with Crippen molar-refractivity contribution in [3.63, 3.8) is 0 Å². The van der Waals surface area contributed by atoms with Crippen molar-refractivity contribution in [2.75, 3.05) is 20.3 Å². The molecule has 9 heteroatoms. The Morgan fingerprint density at radius 1 is 0.889 bits per heavy atom. The van der Waals surface area contributed by atoms with E-state index in [1.54, 1.807) is 63.4 Å². The first kappa shape index (κ1) is 24.9. The number of hydrogen-bond acceptors (Lipinski definition) is 7. The minimum absolute atomic E-state index is 0.0528. The molecule has 0 saturated carbocycles. The minimum Gasteiger partial charge on any atom is -0.497 e. The summed E-state index contributed by atoms with van der Waals surface area (Å²) in [6.07, 6.45) is 1.41. The maximum Gasteiger partial charge on any atom is 0.341 e. The van der Waals surface area contributed by atoms with Crippen molar-refractivity contribution in [1.29, 1.82) is 0 Å². The molecule has 0 atom stereocenters. The highest BCUT2D eigenvalue weighted by atomic mass is 35.5. The molecule has 0 spiro atoms. The number of aromatic nitrogens is 2. The molecule has 2 heterocycles. The molecule has 8 nitrogen and oxygen atoms in total. The van der Waals surface area contributed by atoms with Crippen LogP contribution in [0, 0.1) is 0 Å². The molecule has 4 aromatic rings. The molecule has 36 heavy (non-hydrogen) atoms. The molecular weight excluding hydrogens is 484 g/mol. The van der Waals surface area contributed by atoms with Gasteiger partial charge in [0.15, 0.2) is 0 Å². The summed E-state index contributed by atoms with van der Waals surface area (Å²) in [6.45, 7) is 3.43. The van der Waals surface area contributed by atoms with Gasteiger partial charge >= 0.3 is 11.9 Å². The number of halogens is 1. The fraction of sp³-hybridized carbons (Fsp3) is 0.185. The van der Waals surface area contributed by atoms with E-state index < -0.39 is 17.7 Å². The number of carbonyl (C=O) groups is 3. The molecular formula is C27H23ClN2O6. The zero-order valence-electron chi connectivity index (χ0n) is 19.9. The fourth-order valence-electron chi connectivity index (χ4n) is 3.85. The Kier molecular flexibility index (Phi) is 7.36. The largest absolute Gasteiger partial charge is 0.497 e. The highest BCUT2D eigenvalue weighted by molar-refractivity contribution is 6.30. The van der Waals surface area contributed by atoms with E-state index in [4.69, 9.17) is 25.8 Å². The molecule has 2 aromatic heterocycles. The summed E-state index contributed by atoms with van der Waals surface area (Å²) in [5, 5.41) is 0.454. The summed E-state index contributed by atoms with van der Waals surface area (Å²) in [6, 6.07) is 15.1. The van der Waals surface area contributed by atoms with Gasteiger partial charge in [-0.3, -0.25) is 9.20 Å². The molecule has 0 N–H and O–H groups in total. The second-order valence-electron chi connectivity index (χ2n) is 7.63. The third-order valence-corrected chi connectivity index (χ3v) is 5.75. The van der Waals surface area contributed by atoms with Crippen molar-refractivity contribution >= 4 is 34.8 Å². The van der Waals surface area contributed by atoms with Crippen molar-refractivity contribution in [1.82, 2.24) is 9.38 Å². The maximum atomic E-state index is 13.7. The Morgan fingerprint density at radius 3 is 2.08 bits per heavy atom. The first-order valence-corrected chi connectivity index (χ1v) is 11.6. The molecule has 0 aliphatic heterocycles. The third-order valence-electron chi connectivity index (χ3n) is 5.50. The lowest BCUT2D eigenvalue weighted by Gasteiger charge is -2.07. The Balaban J connectivity index is 2.01. The lowest BCUT2D eigenvalue weighted by Crippen LogP contribution is -2.16. The van der Waals surface area contributed by atoms with E-state index in [1.165, 1.54) is 10.7 Å². The summed E-state index contributed by atoms with van der Waals surface area (Å²) in [4.78, 5) is 44.4. The van der Waals surface area contributed by atoms with Crippen molar-refractivity contribution in [3.8, 4) is 17.0 Å². The van der Waals surface area contributed by atoms with Gasteiger partial charge in [-0.1, -0.05) is 11.6 Å². The van der Waals surface area contributed by atoms with Crippen LogP contribution in [0.2, 0.25) is 5.02 Å². The summed E-state index contributed by atoms with van der Waals surface area (Å²) >= 11 is 5.99. The van der Waals surface area contributed by atoms with E-state index >= 15 is 0 Å². The third kappa shape index (κ3) is 4.67. The van der Waals surface area contributed by atoms with Gasteiger partial charge in [0, 0.05) is 16.1 Å². The smallest absolute Gasteiger partial charge is 0.341 e. The van der Waals surface area contributed by atoms with E-state index in [9.17, 15) is 14.4 Å². The molecule has 0 saturated heterocycles. The quantitative estimate of drug-likeness (QED) is 0.238. The number of esters is 2. The summed E-state index contributed by atoms with van der Waals surface area (Å²) in [5.74, 6) is -1.39. The van der Waals surface area contributed by atoms with Crippen molar-refractivity contribution < 1.29 is 28.6 Å². The van der Waals surface area contributed by atoms with Gasteiger partial charge in [-0.15, -0.1) is 0 Å². The maximum absolute atomic E-state index is 13.7. The van der Waals surface area contributed by atoms with Crippen LogP contribution in [-0.2, 0) is 9.47 Å². The number of nitrogens with zero attached hydrogens (tertiary/aromatic N) is 2. The Hall–Kier alpha value is -4.17. The van der Waals surface area contributed by atoms with Gasteiger partial charge in [-0.05, 0) is 68.4 Å². The van der Waals surface area contributed by atoms with Gasteiger partial charge in [0.1, 0.15) is 28.9 Å². The second-order valence-corrected chi connectivity index (χ2v) is 8.07. The number of rotatable bonds is 8. The van der Waals surface area contributed by atoms with E-state index in [1.807, 2.05) is 12.1 Å². The van der Waals surface area contributed by atoms with E-state index in [0.717, 1.165) is 5.56 Å². The Morgan fingerprint density at radius 2 is 1.50 bits per heavy atom. The highest BCUT2D eigenvalue weighted by Crippen LogP contribution is 2.31. The van der Waals surface area contributed by atoms with Crippen LogP contribution < -0.4 is 4.74 Å². The molecule has 0 amide bonds. The van der Waals surface area contributed by atoms with Crippen LogP contribution in [0.3, 0.4) is 0 Å². The molecule has 4 rings (SSSR count). The van der Waals surface area contributed by atoms with Crippen LogP contribution in [0.4, 0.5) is 0 Å². The standard InChI is InChI=1S/C27H23ClN2O6/c1-4-35-26(32)22-21-14-20(16-8-12-19(34-3)13-9-16)29-15-30(21)24(23(22)27(33)36-5-2)25(31)17-6-10-18(28)11-7-17/h6-15H,4-5H2,1-3H3. The molecule has 0 aliphatic rings. The molecule has 0 unspecified atom stereocenters. The Labute approximate surface area is 212 Å². The van der Waals surface area contributed by atoms with Gasteiger partial charge in [0.2, 0.25) is 5.78 Å². The molecule has 0 aliphatic carbocycles. The molecule has 0 radical (unpaired) electrons. The average molecular weight is 507 g/mol. The fourth-order valence-corrected chi connectivity index (χ4v) is 3.97. The second kappa shape index (κ2) is 10.6. The Bertz CT molecular complexity index is 1440. The van der Waals surface area contributed by atoms with E-state index in [2.05, 4.69) is 4.98 Å². The van der Waals surface area contributed by atoms with Crippen LogP contribution in [0.25, 0.3) is 16.8 Å². The average Bonchev–Trinajstić information content (AvgIpc) is 3.23. The predicted octanol–water partition coefficient (Wildman–Crippen LogP) is 5.25. The zero-order chi connectivity index (χ0) is 25.8. The van der Waals surface area contributed by atoms with Crippen LogP contribution in [0.15, 0.2) is 60.9 Å². The predicted molar refractivity (Wildman–Crippen MR) is 134 cm³/mol. The summed E-state index contributed by atoms with van der Waals surface area (Å²) in [7, 11) is 1.57. The first-order valence-electron chi connectivity index (χ1n) is 11.2. The monoisotopic (exact) mass is 506 g/mol. The van der Waals surface area contributed by atoms with Crippen molar-refractivity contribution in [3.05, 3.63) is 88.3 Å². The van der Waals surface area contributed by atoms with Gasteiger partial charge in [0.05, 0.1) is 31.5 Å². The number of ketones is 1. The molecule has 2 aromatic carbocycles. The van der Waals surface area contributed by atoms with Crippen LogP contribution >= 0.6 is 11.6 Å². The number of methoxy groups -OCH3 is 1. The van der Waals surface area contributed by atoms with Crippen molar-refractivity contribution in [2.45, 2.75) is 13.8 Å². The topological polar surface area (TPSA) is 96.2 Å². The lowest BCUT2D eigenvalue weighted by molar-refractivity contribution is 0.0480. The minimum atomic E-state index is -0.812. The van der Waals surface area contributed by atoms with E-state index in [0.29, 0.717) is 16.5 Å². The summed E-state index contributed by atoms with van der Waals surface area (Å²) in [5.41, 5.74) is 1.54. The van der Waals surface area contributed by atoms with Gasteiger partial charge in [-0.2, -0.15) is 0 Å². The summed E-state index contributed by atoms with van der Waals surface area (Å²) < 4.78 is 17.1. The normalized spacial score (nSPS) is 10.8. The first-order chi connectivity index (χ1) is 17.4. The number of benzene rings is 2. The number of carbonyl (C=O) groups excluding carboxylic acids is 3. The molecule has 0 fully saturated rings. The van der Waals surface area contributed by atoms with Crippen LogP contribution in [-0.4, -0.2) is 47.4 Å². The highest BCUT2D eigenvalue weighted by Gasteiger charge is 2.34. The van der Waals surface area contributed by atoms with Gasteiger partial charge in [-0.25, -0.2) is 14.6 Å². The van der Waals surface area contributed by atoms with Gasteiger partial charge < -0.3 is 14.2 Å². The van der Waals surface area contributed by atoms with E-state index in [-0.39, 0.29) is 41.1 Å². The van der Waals surface area contributed by atoms with Crippen LogP contribution in [0.1, 0.15) is 50.6 Å². The number of ether oxygens (including phenoxy) is 3.